The van der Waals surface area contributed by atoms with Crippen molar-refractivity contribution in [3.05, 3.63) is 35.5 Å². The number of halogens is 1. The highest BCUT2D eigenvalue weighted by Gasteiger charge is 2.28. The minimum absolute atomic E-state index is 0.723. The van der Waals surface area contributed by atoms with Gasteiger partial charge in [0.05, 0.1) is 5.02 Å². The zero-order valence-electron chi connectivity index (χ0n) is 16.2. The molecule has 1 heterocycles. The molecule has 0 aliphatic heterocycles. The van der Waals surface area contributed by atoms with Gasteiger partial charge in [0.25, 0.3) is 0 Å². The minimum atomic E-state index is 0.723. The number of hydrogen-bond acceptors (Lipinski definition) is 3. The van der Waals surface area contributed by atoms with Gasteiger partial charge in [0.2, 0.25) is 0 Å². The van der Waals surface area contributed by atoms with Crippen molar-refractivity contribution in [3.63, 3.8) is 0 Å². The fraction of sp³-hybridized carbons (Fsp3) is 0.609. The fourth-order valence-electron chi connectivity index (χ4n) is 4.98. The Morgan fingerprint density at radius 1 is 0.926 bits per heavy atom. The molecular weight excluding hydrogens is 356 g/mol. The molecule has 1 aromatic carbocycles. The molecule has 4 rings (SSSR count). The van der Waals surface area contributed by atoms with Gasteiger partial charge in [0, 0.05) is 30.2 Å². The Balaban J connectivity index is 1.44. The smallest absolute Gasteiger partial charge is 0.145 e. The van der Waals surface area contributed by atoms with Crippen LogP contribution in [0.3, 0.4) is 0 Å². The van der Waals surface area contributed by atoms with Crippen LogP contribution in [0.15, 0.2) is 30.5 Å². The molecule has 4 heteroatoms. The average molecular weight is 387 g/mol. The van der Waals surface area contributed by atoms with Gasteiger partial charge in [-0.15, -0.1) is 0 Å². The molecule has 0 N–H and O–H groups in total. The van der Waals surface area contributed by atoms with Crippen molar-refractivity contribution in [2.24, 2.45) is 0 Å². The molecule has 0 bridgehead atoms. The molecular formula is C23H31ClN2O. The second-order valence-electron chi connectivity index (χ2n) is 8.12. The maximum absolute atomic E-state index is 6.31. The molecule has 2 saturated carbocycles. The summed E-state index contributed by atoms with van der Waals surface area (Å²) in [6, 6.07) is 9.32. The second kappa shape index (κ2) is 9.25. The second-order valence-corrected chi connectivity index (χ2v) is 8.52. The van der Waals surface area contributed by atoms with E-state index >= 15 is 0 Å². The lowest BCUT2D eigenvalue weighted by molar-refractivity contribution is 0.0662. The molecule has 2 aromatic rings. The topological polar surface area (TPSA) is 25.4 Å². The highest BCUT2D eigenvalue weighted by molar-refractivity contribution is 6.35. The third kappa shape index (κ3) is 4.57. The number of nitrogens with zero attached hydrogens (tertiary/aromatic N) is 2. The van der Waals surface area contributed by atoms with Crippen LogP contribution in [0.25, 0.3) is 10.9 Å². The van der Waals surface area contributed by atoms with Gasteiger partial charge in [-0.2, -0.15) is 0 Å². The number of ether oxygens (including phenoxy) is 1. The monoisotopic (exact) mass is 386 g/mol. The van der Waals surface area contributed by atoms with E-state index in [1.807, 2.05) is 30.5 Å². The summed E-state index contributed by atoms with van der Waals surface area (Å²) in [7, 11) is 0. The van der Waals surface area contributed by atoms with Crippen molar-refractivity contribution in [1.29, 1.82) is 0 Å². The van der Waals surface area contributed by atoms with Crippen LogP contribution >= 0.6 is 11.6 Å². The van der Waals surface area contributed by atoms with E-state index in [0.717, 1.165) is 46.9 Å². The van der Waals surface area contributed by atoms with Crippen LogP contribution in [-0.2, 0) is 0 Å². The molecule has 0 atom stereocenters. The summed E-state index contributed by atoms with van der Waals surface area (Å²) in [4.78, 5) is 7.29. The van der Waals surface area contributed by atoms with E-state index < -0.39 is 0 Å². The molecule has 0 saturated heterocycles. The van der Waals surface area contributed by atoms with E-state index in [1.54, 1.807) is 0 Å². The van der Waals surface area contributed by atoms with E-state index in [-0.39, 0.29) is 0 Å². The number of aromatic nitrogens is 1. The van der Waals surface area contributed by atoms with Crippen LogP contribution in [0.2, 0.25) is 5.02 Å². The van der Waals surface area contributed by atoms with Gasteiger partial charge >= 0.3 is 0 Å². The predicted molar refractivity (Wildman–Crippen MR) is 113 cm³/mol. The highest BCUT2D eigenvalue weighted by atomic mass is 35.5. The number of benzene rings is 1. The summed E-state index contributed by atoms with van der Waals surface area (Å²) in [6.45, 7) is 1.74. The van der Waals surface area contributed by atoms with Gasteiger partial charge in [0.15, 0.2) is 0 Å². The maximum atomic E-state index is 6.31. The Hall–Kier alpha value is -1.32. The number of rotatable bonds is 6. The molecule has 2 aliphatic rings. The van der Waals surface area contributed by atoms with Gasteiger partial charge in [-0.25, -0.2) is 0 Å². The van der Waals surface area contributed by atoms with Crippen molar-refractivity contribution in [2.45, 2.75) is 76.3 Å². The lowest BCUT2D eigenvalue weighted by Crippen LogP contribution is -2.47. The van der Waals surface area contributed by atoms with Crippen LogP contribution in [-0.4, -0.2) is 35.1 Å². The molecule has 0 amide bonds. The third-order valence-electron chi connectivity index (χ3n) is 6.37. The van der Waals surface area contributed by atoms with E-state index in [4.69, 9.17) is 16.3 Å². The fourth-order valence-corrected chi connectivity index (χ4v) is 5.19. The average Bonchev–Trinajstić information content (AvgIpc) is 2.74. The van der Waals surface area contributed by atoms with Gasteiger partial charge < -0.3 is 4.74 Å². The van der Waals surface area contributed by atoms with E-state index in [2.05, 4.69) is 9.88 Å². The molecule has 146 valence electrons. The quantitative estimate of drug-likeness (QED) is 0.588. The third-order valence-corrected chi connectivity index (χ3v) is 6.70. The van der Waals surface area contributed by atoms with E-state index in [9.17, 15) is 0 Å². The first-order valence-corrected chi connectivity index (χ1v) is 11.1. The molecule has 0 spiro atoms. The zero-order valence-corrected chi connectivity index (χ0v) is 17.0. The Kier molecular flexibility index (Phi) is 6.51. The van der Waals surface area contributed by atoms with E-state index in [0.29, 0.717) is 0 Å². The molecule has 2 aliphatic carbocycles. The highest BCUT2D eigenvalue weighted by Crippen LogP contribution is 2.31. The van der Waals surface area contributed by atoms with Crippen molar-refractivity contribution in [3.8, 4) is 5.75 Å². The van der Waals surface area contributed by atoms with Gasteiger partial charge in [-0.3, -0.25) is 9.88 Å². The largest absolute Gasteiger partial charge is 0.490 e. The van der Waals surface area contributed by atoms with Crippen molar-refractivity contribution >= 4 is 22.5 Å². The summed E-state index contributed by atoms with van der Waals surface area (Å²) in [5.41, 5.74) is 0.867. The number of fused-ring (bicyclic) bond motifs is 1. The normalized spacial score (nSPS) is 19.6. The van der Waals surface area contributed by atoms with E-state index in [1.165, 1.54) is 64.2 Å². The Labute approximate surface area is 168 Å². The lowest BCUT2D eigenvalue weighted by Gasteiger charge is -2.41. The summed E-state index contributed by atoms with van der Waals surface area (Å²) < 4.78 is 6.22. The maximum Gasteiger partial charge on any atom is 0.145 e. The number of hydrogen-bond donors (Lipinski definition) is 0. The molecule has 1 aromatic heterocycles. The summed E-state index contributed by atoms with van der Waals surface area (Å²) in [6.07, 6.45) is 15.6. The Morgan fingerprint density at radius 3 is 2.26 bits per heavy atom. The van der Waals surface area contributed by atoms with Crippen LogP contribution in [0.4, 0.5) is 0 Å². The Morgan fingerprint density at radius 2 is 1.59 bits per heavy atom. The molecule has 27 heavy (non-hydrogen) atoms. The SMILES string of the molecule is Clc1ccc(OCCN(C2CCCCC2)C2CCCCC2)c2ncccc12. The van der Waals surface area contributed by atoms with Crippen LogP contribution in [0.5, 0.6) is 5.75 Å². The van der Waals surface area contributed by atoms with Crippen LogP contribution in [0.1, 0.15) is 64.2 Å². The number of pyridine rings is 1. The summed E-state index contributed by atoms with van der Waals surface area (Å²) in [5, 5.41) is 1.70. The lowest BCUT2D eigenvalue weighted by atomic mass is 9.88. The Bertz CT molecular complexity index is 720. The molecule has 3 nitrogen and oxygen atoms in total. The predicted octanol–water partition coefficient (Wildman–Crippen LogP) is 6.23. The zero-order chi connectivity index (χ0) is 18.5. The standard InChI is InChI=1S/C23H31ClN2O/c24-21-13-14-22(23-20(21)12-7-15-25-23)27-17-16-26(18-8-3-1-4-9-18)19-10-5-2-6-11-19/h7,12-15,18-19H,1-6,8-11,16-17H2. The molecule has 2 fully saturated rings. The van der Waals surface area contributed by atoms with Crippen molar-refractivity contribution < 1.29 is 4.74 Å². The first-order chi connectivity index (χ1) is 13.3. The first kappa shape index (κ1) is 19.0. The molecule has 0 radical (unpaired) electrons. The van der Waals surface area contributed by atoms with Crippen molar-refractivity contribution in [2.75, 3.05) is 13.2 Å². The van der Waals surface area contributed by atoms with Crippen LogP contribution < -0.4 is 4.74 Å². The summed E-state index contributed by atoms with van der Waals surface area (Å²) in [5.74, 6) is 0.849. The van der Waals surface area contributed by atoms with Gasteiger partial charge in [-0.05, 0) is 49.9 Å². The van der Waals surface area contributed by atoms with Crippen LogP contribution in [0, 0.1) is 0 Å². The molecule has 0 unspecified atom stereocenters. The van der Waals surface area contributed by atoms with Crippen molar-refractivity contribution in [1.82, 2.24) is 9.88 Å². The first-order valence-electron chi connectivity index (χ1n) is 10.7. The minimum Gasteiger partial charge on any atom is -0.490 e. The summed E-state index contributed by atoms with van der Waals surface area (Å²) >= 11 is 6.31. The van der Waals surface area contributed by atoms with Gasteiger partial charge in [0.1, 0.15) is 17.9 Å². The van der Waals surface area contributed by atoms with Gasteiger partial charge in [-0.1, -0.05) is 50.1 Å².